The van der Waals surface area contributed by atoms with Crippen LogP contribution in [0.25, 0.3) is 0 Å². The van der Waals surface area contributed by atoms with Crippen LogP contribution in [-0.4, -0.2) is 44.8 Å². The molecule has 0 bridgehead atoms. The van der Waals surface area contributed by atoms with Crippen LogP contribution >= 0.6 is 0 Å². The molecule has 0 saturated carbocycles. The molecule has 0 saturated heterocycles. The summed E-state index contributed by atoms with van der Waals surface area (Å²) in [5.74, 6) is -1.60. The quantitative estimate of drug-likeness (QED) is 0.811. The average molecular weight is 266 g/mol. The molecule has 0 radical (unpaired) electrons. The van der Waals surface area contributed by atoms with Crippen molar-refractivity contribution in [3.63, 3.8) is 0 Å². The molecule has 0 unspecified atom stereocenters. The zero-order valence-electron chi connectivity index (χ0n) is 11.5. The lowest BCUT2D eigenvalue weighted by Gasteiger charge is -2.24. The molecule has 0 aromatic carbocycles. The van der Waals surface area contributed by atoms with Gasteiger partial charge in [-0.1, -0.05) is 0 Å². The highest BCUT2D eigenvalue weighted by molar-refractivity contribution is 6.00. The molecule has 0 fully saturated rings. The van der Waals surface area contributed by atoms with Crippen LogP contribution in [0.3, 0.4) is 0 Å². The first-order valence-corrected chi connectivity index (χ1v) is 5.94. The summed E-state index contributed by atoms with van der Waals surface area (Å²) >= 11 is 0. The summed E-state index contributed by atoms with van der Waals surface area (Å²) in [6.07, 6.45) is 1.56. The van der Waals surface area contributed by atoms with E-state index < -0.39 is 11.9 Å². The molecule has 1 aromatic rings. The third kappa shape index (κ3) is 3.43. The zero-order chi connectivity index (χ0) is 14.7. The number of carboxylic acids is 1. The minimum atomic E-state index is -1.07. The number of rotatable bonds is 5. The van der Waals surface area contributed by atoms with Gasteiger partial charge in [0.15, 0.2) is 5.78 Å². The smallest absolute Gasteiger partial charge is 0.323 e. The first-order valence-electron chi connectivity index (χ1n) is 5.94. The molecule has 0 atom stereocenters. The Bertz CT molecular complexity index is 517. The first kappa shape index (κ1) is 14.9. The van der Waals surface area contributed by atoms with Gasteiger partial charge in [0.05, 0.1) is 0 Å². The minimum absolute atomic E-state index is 0.135. The molecule has 104 valence electrons. The van der Waals surface area contributed by atoms with Gasteiger partial charge >= 0.3 is 5.97 Å². The Labute approximate surface area is 111 Å². The van der Waals surface area contributed by atoms with Crippen molar-refractivity contribution >= 4 is 17.7 Å². The predicted molar refractivity (Wildman–Crippen MR) is 69.2 cm³/mol. The lowest BCUT2D eigenvalue weighted by Crippen LogP contribution is -2.41. The molecule has 6 heteroatoms. The highest BCUT2D eigenvalue weighted by atomic mass is 16.4. The second-order valence-electron chi connectivity index (χ2n) is 4.70. The fraction of sp³-hybridized carbons (Fsp3) is 0.462. The Kier molecular flexibility index (Phi) is 4.47. The molecule has 1 aromatic heterocycles. The van der Waals surface area contributed by atoms with E-state index in [2.05, 4.69) is 0 Å². The van der Waals surface area contributed by atoms with Crippen LogP contribution in [0.1, 0.15) is 41.6 Å². The lowest BCUT2D eigenvalue weighted by atomic mass is 10.2. The number of Topliss-reactive ketones (excluding diaryl/α,β-unsaturated/α-hetero) is 1. The molecule has 0 aliphatic rings. The molecular formula is C13H18N2O4. The Morgan fingerprint density at radius 2 is 1.95 bits per heavy atom. The molecular weight excluding hydrogens is 248 g/mol. The maximum atomic E-state index is 12.3. The fourth-order valence-electron chi connectivity index (χ4n) is 1.75. The Morgan fingerprint density at radius 3 is 2.32 bits per heavy atom. The number of nitrogens with zero attached hydrogens (tertiary/aromatic N) is 2. The van der Waals surface area contributed by atoms with E-state index in [1.807, 2.05) is 0 Å². The SMILES string of the molecule is CC(=O)c1cc(C(=O)N(CC(=O)O)C(C)C)n(C)c1. The molecule has 1 heterocycles. The highest BCUT2D eigenvalue weighted by Crippen LogP contribution is 2.13. The van der Waals surface area contributed by atoms with Crippen LogP contribution in [0.5, 0.6) is 0 Å². The number of carbonyl (C=O) groups is 3. The number of ketones is 1. The number of aliphatic carboxylic acids is 1. The second-order valence-corrected chi connectivity index (χ2v) is 4.70. The molecule has 0 aliphatic carbocycles. The summed E-state index contributed by atoms with van der Waals surface area (Å²) in [4.78, 5) is 35.6. The third-order valence-electron chi connectivity index (χ3n) is 2.82. The number of carboxylic acid groups (broad SMARTS) is 1. The maximum absolute atomic E-state index is 12.3. The van der Waals surface area contributed by atoms with Gasteiger partial charge < -0.3 is 14.6 Å². The van der Waals surface area contributed by atoms with E-state index >= 15 is 0 Å². The normalized spacial score (nSPS) is 10.6. The van der Waals surface area contributed by atoms with Crippen molar-refractivity contribution in [1.29, 1.82) is 0 Å². The van der Waals surface area contributed by atoms with Gasteiger partial charge in [0, 0.05) is 24.8 Å². The van der Waals surface area contributed by atoms with Crippen molar-refractivity contribution in [3.8, 4) is 0 Å². The van der Waals surface area contributed by atoms with Crippen LogP contribution < -0.4 is 0 Å². The average Bonchev–Trinajstić information content (AvgIpc) is 2.67. The largest absolute Gasteiger partial charge is 0.480 e. The van der Waals surface area contributed by atoms with E-state index in [0.29, 0.717) is 11.3 Å². The summed E-state index contributed by atoms with van der Waals surface area (Å²) in [6.45, 7) is 4.55. The van der Waals surface area contributed by atoms with Gasteiger partial charge in [0.1, 0.15) is 12.2 Å². The number of aryl methyl sites for hydroxylation is 1. The summed E-state index contributed by atoms with van der Waals surface area (Å²) in [7, 11) is 1.65. The zero-order valence-corrected chi connectivity index (χ0v) is 11.5. The monoisotopic (exact) mass is 266 g/mol. The number of carbonyl (C=O) groups excluding carboxylic acids is 2. The second kappa shape index (κ2) is 5.69. The lowest BCUT2D eigenvalue weighted by molar-refractivity contribution is -0.138. The minimum Gasteiger partial charge on any atom is -0.480 e. The van der Waals surface area contributed by atoms with Crippen molar-refractivity contribution in [3.05, 3.63) is 23.5 Å². The van der Waals surface area contributed by atoms with Crippen LogP contribution in [0.4, 0.5) is 0 Å². The number of hydrogen-bond acceptors (Lipinski definition) is 3. The molecule has 19 heavy (non-hydrogen) atoms. The van der Waals surface area contributed by atoms with E-state index in [0.717, 1.165) is 0 Å². The molecule has 0 aliphatic heterocycles. The van der Waals surface area contributed by atoms with Crippen molar-refractivity contribution in [2.45, 2.75) is 26.8 Å². The first-order chi connectivity index (χ1) is 8.73. The standard InChI is InChI=1S/C13H18N2O4/c1-8(2)15(7-12(17)18)13(19)11-5-10(9(3)16)6-14(11)4/h5-6,8H,7H2,1-4H3,(H,17,18). The van der Waals surface area contributed by atoms with Crippen LogP contribution in [0.2, 0.25) is 0 Å². The summed E-state index contributed by atoms with van der Waals surface area (Å²) in [6, 6.07) is 1.25. The fourth-order valence-corrected chi connectivity index (χ4v) is 1.75. The van der Waals surface area contributed by atoms with E-state index in [9.17, 15) is 14.4 Å². The van der Waals surface area contributed by atoms with Gasteiger partial charge in [-0.25, -0.2) is 0 Å². The summed E-state index contributed by atoms with van der Waals surface area (Å²) in [5.41, 5.74) is 0.741. The number of hydrogen-bond donors (Lipinski definition) is 1. The van der Waals surface area contributed by atoms with Gasteiger partial charge in [-0.05, 0) is 26.8 Å². The van der Waals surface area contributed by atoms with Gasteiger partial charge in [-0.15, -0.1) is 0 Å². The predicted octanol–water partition coefficient (Wildman–Crippen LogP) is 1.16. The summed E-state index contributed by atoms with van der Waals surface area (Å²) < 4.78 is 1.54. The Morgan fingerprint density at radius 1 is 1.37 bits per heavy atom. The topological polar surface area (TPSA) is 79.6 Å². The van der Waals surface area contributed by atoms with Crippen LogP contribution in [0, 0.1) is 0 Å². The summed E-state index contributed by atoms with van der Waals surface area (Å²) in [5, 5.41) is 8.84. The number of aromatic nitrogens is 1. The highest BCUT2D eigenvalue weighted by Gasteiger charge is 2.24. The van der Waals surface area contributed by atoms with Gasteiger partial charge in [0.2, 0.25) is 0 Å². The van der Waals surface area contributed by atoms with Crippen LogP contribution in [0.15, 0.2) is 12.3 Å². The van der Waals surface area contributed by atoms with Crippen molar-refractivity contribution < 1.29 is 19.5 Å². The third-order valence-corrected chi connectivity index (χ3v) is 2.82. The Balaban J connectivity index is 3.09. The van der Waals surface area contributed by atoms with Crippen molar-refractivity contribution in [1.82, 2.24) is 9.47 Å². The molecule has 6 nitrogen and oxygen atoms in total. The molecule has 1 amide bonds. The van der Waals surface area contributed by atoms with Gasteiger partial charge in [-0.2, -0.15) is 0 Å². The van der Waals surface area contributed by atoms with Gasteiger partial charge in [0.25, 0.3) is 5.91 Å². The van der Waals surface area contributed by atoms with E-state index in [1.165, 1.54) is 22.5 Å². The van der Waals surface area contributed by atoms with E-state index in [4.69, 9.17) is 5.11 Å². The number of amides is 1. The van der Waals surface area contributed by atoms with Crippen molar-refractivity contribution in [2.75, 3.05) is 6.54 Å². The molecule has 1 N–H and O–H groups in total. The maximum Gasteiger partial charge on any atom is 0.323 e. The van der Waals surface area contributed by atoms with E-state index in [-0.39, 0.29) is 18.4 Å². The molecule has 1 rings (SSSR count). The van der Waals surface area contributed by atoms with Crippen molar-refractivity contribution in [2.24, 2.45) is 7.05 Å². The van der Waals surface area contributed by atoms with Gasteiger partial charge in [-0.3, -0.25) is 14.4 Å². The molecule has 0 spiro atoms. The Hall–Kier alpha value is -2.11. The van der Waals surface area contributed by atoms with E-state index in [1.54, 1.807) is 27.1 Å². The van der Waals surface area contributed by atoms with Crippen LogP contribution in [-0.2, 0) is 11.8 Å².